The molecule has 0 radical (unpaired) electrons. The molecule has 0 saturated carbocycles. The Morgan fingerprint density at radius 1 is 0.404 bits per heavy atom. The molecule has 47 heavy (non-hydrogen) atoms. The second kappa shape index (κ2) is 11.2. The van der Waals surface area contributed by atoms with Crippen LogP contribution in [0.1, 0.15) is 0 Å². The summed E-state index contributed by atoms with van der Waals surface area (Å²) in [5, 5.41) is 4.83. The molecule has 0 aliphatic heterocycles. The number of para-hydroxylation sites is 2. The lowest BCUT2D eigenvalue weighted by Crippen LogP contribution is -1.97. The van der Waals surface area contributed by atoms with Gasteiger partial charge in [0.1, 0.15) is 0 Å². The highest BCUT2D eigenvalue weighted by atomic mass is 15.0. The van der Waals surface area contributed by atoms with Gasteiger partial charge in [-0.05, 0) is 41.8 Å². The van der Waals surface area contributed by atoms with Crippen LogP contribution in [0, 0.1) is 0 Å². The van der Waals surface area contributed by atoms with Gasteiger partial charge in [0.2, 0.25) is 0 Å². The maximum atomic E-state index is 5.06. The van der Waals surface area contributed by atoms with E-state index >= 15 is 0 Å². The van der Waals surface area contributed by atoms with Crippen LogP contribution in [0.25, 0.3) is 83.4 Å². The Hall–Kier alpha value is -6.39. The highest BCUT2D eigenvalue weighted by molar-refractivity contribution is 6.09. The smallest absolute Gasteiger partial charge is 0.160 e. The molecule has 0 fully saturated rings. The van der Waals surface area contributed by atoms with Crippen LogP contribution < -0.4 is 0 Å². The summed E-state index contributed by atoms with van der Waals surface area (Å²) >= 11 is 0. The molecule has 9 rings (SSSR count). The van der Waals surface area contributed by atoms with E-state index in [2.05, 4.69) is 150 Å². The van der Waals surface area contributed by atoms with Crippen molar-refractivity contribution in [2.45, 2.75) is 0 Å². The van der Waals surface area contributed by atoms with Crippen LogP contribution in [-0.4, -0.2) is 19.5 Å². The first kappa shape index (κ1) is 27.0. The number of aromatic nitrogens is 4. The van der Waals surface area contributed by atoms with Crippen molar-refractivity contribution < 1.29 is 0 Å². The molecule has 0 spiro atoms. The van der Waals surface area contributed by atoms with Gasteiger partial charge in [-0.2, -0.15) is 0 Å². The number of pyridine rings is 1. The minimum atomic E-state index is 0.698. The zero-order valence-electron chi connectivity index (χ0n) is 25.5. The Kier molecular flexibility index (Phi) is 6.43. The predicted octanol–water partition coefficient (Wildman–Crippen LogP) is 10.8. The van der Waals surface area contributed by atoms with Crippen molar-refractivity contribution in [3.05, 3.63) is 170 Å². The van der Waals surface area contributed by atoms with Crippen LogP contribution in [-0.2, 0) is 0 Å². The van der Waals surface area contributed by atoms with Crippen LogP contribution in [0.4, 0.5) is 0 Å². The normalized spacial score (nSPS) is 11.4. The van der Waals surface area contributed by atoms with Gasteiger partial charge in [-0.1, -0.05) is 127 Å². The van der Waals surface area contributed by atoms with E-state index in [-0.39, 0.29) is 0 Å². The zero-order chi connectivity index (χ0) is 31.2. The number of nitrogens with zero attached hydrogens (tertiary/aromatic N) is 4. The van der Waals surface area contributed by atoms with E-state index < -0.39 is 0 Å². The largest absolute Gasteiger partial charge is 0.309 e. The second-order valence-electron chi connectivity index (χ2n) is 11.7. The highest BCUT2D eigenvalue weighted by Crippen LogP contribution is 2.34. The Morgan fingerprint density at radius 3 is 1.60 bits per heavy atom. The van der Waals surface area contributed by atoms with Gasteiger partial charge in [-0.3, -0.25) is 4.98 Å². The van der Waals surface area contributed by atoms with Crippen molar-refractivity contribution >= 4 is 32.6 Å². The molecule has 3 heterocycles. The summed E-state index contributed by atoms with van der Waals surface area (Å²) < 4.78 is 2.33. The molecule has 3 aromatic heterocycles. The fraction of sp³-hybridized carbons (Fsp3) is 0. The van der Waals surface area contributed by atoms with E-state index in [1.807, 2.05) is 24.4 Å². The Bertz CT molecular complexity index is 2490. The molecule has 6 aromatic carbocycles. The van der Waals surface area contributed by atoms with Crippen molar-refractivity contribution in [2.75, 3.05) is 0 Å². The fourth-order valence-electron chi connectivity index (χ4n) is 6.59. The van der Waals surface area contributed by atoms with E-state index in [0.717, 1.165) is 50.4 Å². The van der Waals surface area contributed by atoms with Gasteiger partial charge in [-0.15, -0.1) is 0 Å². The van der Waals surface area contributed by atoms with Gasteiger partial charge < -0.3 is 4.57 Å². The van der Waals surface area contributed by atoms with E-state index in [0.29, 0.717) is 5.82 Å². The summed E-state index contributed by atoms with van der Waals surface area (Å²) in [7, 11) is 0. The lowest BCUT2D eigenvalue weighted by molar-refractivity contribution is 1.17. The first-order chi connectivity index (χ1) is 23.3. The first-order valence-electron chi connectivity index (χ1n) is 15.8. The molecule has 0 amide bonds. The Balaban J connectivity index is 1.13. The molecular weight excluding hydrogens is 573 g/mol. The van der Waals surface area contributed by atoms with Crippen LogP contribution in [0.3, 0.4) is 0 Å². The third-order valence-electron chi connectivity index (χ3n) is 8.89. The number of fused-ring (bicyclic) bond motifs is 4. The van der Waals surface area contributed by atoms with Gasteiger partial charge in [-0.25, -0.2) is 9.97 Å². The quantitative estimate of drug-likeness (QED) is 0.197. The molecule has 0 aliphatic rings. The number of hydrogen-bond donors (Lipinski definition) is 0. The van der Waals surface area contributed by atoms with E-state index in [9.17, 15) is 0 Å². The van der Waals surface area contributed by atoms with E-state index in [1.165, 1.54) is 27.2 Å². The third-order valence-corrected chi connectivity index (χ3v) is 8.89. The van der Waals surface area contributed by atoms with Gasteiger partial charge in [0.05, 0.1) is 28.1 Å². The molecular formula is C43H28N4. The summed E-state index contributed by atoms with van der Waals surface area (Å²) in [6, 6.07) is 57.1. The molecule has 9 aromatic rings. The molecule has 0 N–H and O–H groups in total. The number of rotatable bonds is 5. The molecule has 0 unspecified atom stereocenters. The van der Waals surface area contributed by atoms with Crippen LogP contribution in [0.2, 0.25) is 0 Å². The van der Waals surface area contributed by atoms with Crippen LogP contribution in [0.5, 0.6) is 0 Å². The molecule has 0 aliphatic carbocycles. The first-order valence-corrected chi connectivity index (χ1v) is 15.8. The SMILES string of the molecule is c1ccc(-c2nc(-c3ccc(-c4nccc5ccccc45)cc3)cc(-c3ccc(-n4c5ccccc5c5ccccc54)cc3)n2)cc1. The van der Waals surface area contributed by atoms with Gasteiger partial charge >= 0.3 is 0 Å². The van der Waals surface area contributed by atoms with Crippen molar-refractivity contribution in [1.82, 2.24) is 19.5 Å². The lowest BCUT2D eigenvalue weighted by Gasteiger charge is -2.12. The zero-order valence-corrected chi connectivity index (χ0v) is 25.5. The highest BCUT2D eigenvalue weighted by Gasteiger charge is 2.14. The molecule has 0 saturated heterocycles. The summed E-state index contributed by atoms with van der Waals surface area (Å²) in [5.74, 6) is 0.698. The standard InChI is InChI=1S/C43H28N4/c1-2-11-33(12-3-1)43-45-38(30-18-20-32(21-19-30)42-35-13-5-4-10-29(35)26-27-44-42)28-39(46-43)31-22-24-34(25-23-31)47-40-16-8-6-14-36(40)37-15-7-9-17-41(37)47/h1-28H. The molecule has 220 valence electrons. The van der Waals surface area contributed by atoms with Crippen molar-refractivity contribution in [1.29, 1.82) is 0 Å². The second-order valence-corrected chi connectivity index (χ2v) is 11.7. The number of hydrogen-bond acceptors (Lipinski definition) is 3. The van der Waals surface area contributed by atoms with E-state index in [4.69, 9.17) is 15.0 Å². The topological polar surface area (TPSA) is 43.6 Å². The summed E-state index contributed by atoms with van der Waals surface area (Å²) in [6.45, 7) is 0. The summed E-state index contributed by atoms with van der Waals surface area (Å²) in [4.78, 5) is 14.8. The van der Waals surface area contributed by atoms with Crippen LogP contribution >= 0.6 is 0 Å². The molecule has 4 heteroatoms. The molecule has 0 atom stereocenters. The molecule has 4 nitrogen and oxygen atoms in total. The van der Waals surface area contributed by atoms with Crippen molar-refractivity contribution in [3.63, 3.8) is 0 Å². The molecule has 0 bridgehead atoms. The van der Waals surface area contributed by atoms with Crippen molar-refractivity contribution in [3.8, 4) is 50.8 Å². The number of benzene rings is 6. The minimum Gasteiger partial charge on any atom is -0.309 e. The lowest BCUT2D eigenvalue weighted by atomic mass is 10.0. The van der Waals surface area contributed by atoms with Crippen molar-refractivity contribution in [2.24, 2.45) is 0 Å². The maximum absolute atomic E-state index is 5.06. The Labute approximate surface area is 272 Å². The van der Waals surface area contributed by atoms with E-state index in [1.54, 1.807) is 0 Å². The third kappa shape index (κ3) is 4.75. The van der Waals surface area contributed by atoms with Gasteiger partial charge in [0.15, 0.2) is 5.82 Å². The fourth-order valence-corrected chi connectivity index (χ4v) is 6.59. The monoisotopic (exact) mass is 600 g/mol. The van der Waals surface area contributed by atoms with Gasteiger partial charge in [0.25, 0.3) is 0 Å². The minimum absolute atomic E-state index is 0.698. The summed E-state index contributed by atoms with van der Waals surface area (Å²) in [5.41, 5.74) is 10.3. The Morgan fingerprint density at radius 2 is 0.936 bits per heavy atom. The van der Waals surface area contributed by atoms with Gasteiger partial charge in [0, 0.05) is 50.3 Å². The van der Waals surface area contributed by atoms with Crippen LogP contribution in [0.15, 0.2) is 170 Å². The predicted molar refractivity (Wildman–Crippen MR) is 193 cm³/mol. The maximum Gasteiger partial charge on any atom is 0.160 e. The summed E-state index contributed by atoms with van der Waals surface area (Å²) in [6.07, 6.45) is 1.88. The average molecular weight is 601 g/mol. The average Bonchev–Trinajstić information content (AvgIpc) is 3.49.